The first-order chi connectivity index (χ1) is 13.0. The molecule has 0 bridgehead atoms. The monoisotopic (exact) mass is 365 g/mol. The third-order valence-corrected chi connectivity index (χ3v) is 6.11. The van der Waals surface area contributed by atoms with E-state index in [4.69, 9.17) is 4.74 Å². The van der Waals surface area contributed by atoms with Gasteiger partial charge in [0.05, 0.1) is 0 Å². The Morgan fingerprint density at radius 3 is 2.30 bits per heavy atom. The molecule has 3 aliphatic rings. The minimum atomic E-state index is -1.82. The van der Waals surface area contributed by atoms with Crippen LogP contribution in [-0.2, 0) is 19.1 Å². The van der Waals surface area contributed by atoms with Crippen molar-refractivity contribution in [1.29, 1.82) is 0 Å². The van der Waals surface area contributed by atoms with E-state index in [1.54, 1.807) is 24.1 Å². The standard InChI is InChI=1S/C22H23NO4/c1-23-20(26)22(19(25)21(23)13-7-2-3-8-14-21)17(15-18(24)27-22)12-11-16-9-5-4-6-10-16/h4-6,9-12,15H,2-3,7-8,13-14H2,1H3. The van der Waals surface area contributed by atoms with E-state index >= 15 is 0 Å². The van der Waals surface area contributed by atoms with Gasteiger partial charge in [-0.3, -0.25) is 9.59 Å². The predicted octanol–water partition coefficient (Wildman–Crippen LogP) is 3.06. The molecule has 5 nitrogen and oxygen atoms in total. The predicted molar refractivity (Wildman–Crippen MR) is 101 cm³/mol. The number of benzene rings is 1. The molecule has 1 aliphatic carbocycles. The lowest BCUT2D eigenvalue weighted by atomic mass is 9.79. The molecule has 1 unspecified atom stereocenters. The summed E-state index contributed by atoms with van der Waals surface area (Å²) in [6.07, 6.45) is 9.90. The van der Waals surface area contributed by atoms with Crippen LogP contribution in [0.15, 0.2) is 48.1 Å². The van der Waals surface area contributed by atoms with Crippen molar-refractivity contribution in [2.24, 2.45) is 0 Å². The Hall–Kier alpha value is -2.69. The third kappa shape index (κ3) is 2.56. The fourth-order valence-electron chi connectivity index (χ4n) is 4.61. The van der Waals surface area contributed by atoms with Crippen LogP contribution < -0.4 is 0 Å². The van der Waals surface area contributed by atoms with Gasteiger partial charge in [0.2, 0.25) is 5.78 Å². The van der Waals surface area contributed by atoms with Gasteiger partial charge in [0.25, 0.3) is 11.5 Å². The first-order valence-corrected chi connectivity index (χ1v) is 9.52. The summed E-state index contributed by atoms with van der Waals surface area (Å²) in [5.74, 6) is -1.34. The summed E-state index contributed by atoms with van der Waals surface area (Å²) < 4.78 is 5.45. The van der Waals surface area contributed by atoms with E-state index in [1.807, 2.05) is 30.3 Å². The molecule has 5 heteroatoms. The zero-order valence-corrected chi connectivity index (χ0v) is 15.4. The lowest BCUT2D eigenvalue weighted by Gasteiger charge is -2.33. The summed E-state index contributed by atoms with van der Waals surface area (Å²) in [4.78, 5) is 40.5. The summed E-state index contributed by atoms with van der Waals surface area (Å²) in [5.41, 5.74) is -1.43. The highest BCUT2D eigenvalue weighted by molar-refractivity contribution is 6.25. The molecular weight excluding hydrogens is 342 g/mol. The molecule has 1 amide bonds. The lowest BCUT2D eigenvalue weighted by molar-refractivity contribution is -0.160. The van der Waals surface area contributed by atoms with Gasteiger partial charge in [-0.15, -0.1) is 0 Å². The van der Waals surface area contributed by atoms with Gasteiger partial charge in [-0.05, 0) is 18.4 Å². The molecule has 1 atom stereocenters. The first-order valence-electron chi connectivity index (χ1n) is 9.52. The normalized spacial score (nSPS) is 27.5. The number of amides is 1. The number of ketones is 1. The van der Waals surface area contributed by atoms with Gasteiger partial charge in [-0.1, -0.05) is 68.2 Å². The number of hydrogen-bond donors (Lipinski definition) is 0. The van der Waals surface area contributed by atoms with Crippen LogP contribution in [0, 0.1) is 0 Å². The number of likely N-dealkylation sites (N-methyl/N-ethyl adjacent to an activating group) is 1. The second-order valence-electron chi connectivity index (χ2n) is 7.59. The number of carbonyl (C=O) groups is 3. The molecule has 0 aromatic heterocycles. The van der Waals surface area contributed by atoms with Crippen molar-refractivity contribution >= 4 is 23.7 Å². The fourth-order valence-corrected chi connectivity index (χ4v) is 4.61. The van der Waals surface area contributed by atoms with E-state index in [9.17, 15) is 14.4 Å². The van der Waals surface area contributed by atoms with Crippen LogP contribution in [0.25, 0.3) is 6.08 Å². The van der Waals surface area contributed by atoms with E-state index < -0.39 is 23.0 Å². The molecular formula is C22H23NO4. The van der Waals surface area contributed by atoms with Gasteiger partial charge in [0.15, 0.2) is 0 Å². The van der Waals surface area contributed by atoms with E-state index in [2.05, 4.69) is 0 Å². The summed E-state index contributed by atoms with van der Waals surface area (Å²) >= 11 is 0. The van der Waals surface area contributed by atoms with E-state index in [0.29, 0.717) is 18.4 Å². The van der Waals surface area contributed by atoms with Gasteiger partial charge in [0, 0.05) is 18.7 Å². The van der Waals surface area contributed by atoms with E-state index in [1.165, 1.54) is 6.08 Å². The highest BCUT2D eigenvalue weighted by Gasteiger charge is 2.70. The van der Waals surface area contributed by atoms with Gasteiger partial charge < -0.3 is 9.64 Å². The number of hydrogen-bond acceptors (Lipinski definition) is 4. The van der Waals surface area contributed by atoms with Crippen molar-refractivity contribution in [1.82, 2.24) is 4.90 Å². The number of rotatable bonds is 2. The van der Waals surface area contributed by atoms with Crippen LogP contribution in [0.1, 0.15) is 44.1 Å². The first kappa shape index (κ1) is 17.7. The quantitative estimate of drug-likeness (QED) is 0.597. The van der Waals surface area contributed by atoms with Crippen LogP contribution in [0.4, 0.5) is 0 Å². The van der Waals surface area contributed by atoms with E-state index in [-0.39, 0.29) is 5.78 Å². The highest BCUT2D eigenvalue weighted by atomic mass is 16.6. The molecule has 27 heavy (non-hydrogen) atoms. The second-order valence-corrected chi connectivity index (χ2v) is 7.59. The molecule has 0 radical (unpaired) electrons. The number of esters is 1. The smallest absolute Gasteiger partial charge is 0.333 e. The molecule has 1 aromatic rings. The van der Waals surface area contributed by atoms with Crippen LogP contribution in [0.2, 0.25) is 0 Å². The SMILES string of the molecule is CN1C(=O)C2(OC(=O)C=C2C=Cc2ccccc2)C(=O)C12CCCCCC2. The summed E-state index contributed by atoms with van der Waals surface area (Å²) in [6, 6.07) is 9.55. The summed E-state index contributed by atoms with van der Waals surface area (Å²) in [5, 5.41) is 0. The maximum atomic E-state index is 13.6. The zero-order chi connectivity index (χ0) is 19.1. The van der Waals surface area contributed by atoms with Crippen molar-refractivity contribution in [3.63, 3.8) is 0 Å². The van der Waals surface area contributed by atoms with Crippen molar-refractivity contribution in [2.75, 3.05) is 7.05 Å². The number of ether oxygens (including phenoxy) is 1. The maximum absolute atomic E-state index is 13.6. The molecule has 1 aromatic carbocycles. The van der Waals surface area contributed by atoms with Crippen LogP contribution in [0.5, 0.6) is 0 Å². The average molecular weight is 365 g/mol. The molecule has 1 saturated carbocycles. The molecule has 2 heterocycles. The van der Waals surface area contributed by atoms with Crippen molar-refractivity contribution < 1.29 is 19.1 Å². The van der Waals surface area contributed by atoms with E-state index in [0.717, 1.165) is 31.2 Å². The van der Waals surface area contributed by atoms with Crippen LogP contribution >= 0.6 is 0 Å². The largest absolute Gasteiger partial charge is 0.432 e. The Bertz CT molecular complexity index is 846. The Labute approximate surface area is 158 Å². The Morgan fingerprint density at radius 1 is 0.963 bits per heavy atom. The molecule has 4 rings (SSSR count). The van der Waals surface area contributed by atoms with Crippen molar-refractivity contribution in [2.45, 2.75) is 49.7 Å². The van der Waals surface area contributed by atoms with Gasteiger partial charge in [-0.25, -0.2) is 4.79 Å². The molecule has 2 fully saturated rings. The average Bonchev–Trinajstić information content (AvgIpc) is 2.94. The fraction of sp³-hybridized carbons (Fsp3) is 0.409. The van der Waals surface area contributed by atoms with Crippen molar-refractivity contribution in [3.05, 3.63) is 53.6 Å². The minimum absolute atomic E-state index is 0.279. The lowest BCUT2D eigenvalue weighted by Crippen LogP contribution is -2.49. The van der Waals surface area contributed by atoms with Gasteiger partial charge in [0.1, 0.15) is 5.54 Å². The molecule has 0 N–H and O–H groups in total. The minimum Gasteiger partial charge on any atom is -0.432 e. The van der Waals surface area contributed by atoms with Crippen LogP contribution in [-0.4, -0.2) is 40.7 Å². The number of Topliss-reactive ketones (excluding diaryl/α,β-unsaturated/α-hetero) is 1. The van der Waals surface area contributed by atoms with Crippen molar-refractivity contribution in [3.8, 4) is 0 Å². The number of carbonyl (C=O) groups excluding carboxylic acids is 3. The molecule has 140 valence electrons. The number of likely N-dealkylation sites (tertiary alicyclic amines) is 1. The second kappa shape index (κ2) is 6.48. The molecule has 2 spiro atoms. The highest BCUT2D eigenvalue weighted by Crippen LogP contribution is 2.48. The van der Waals surface area contributed by atoms with Gasteiger partial charge >= 0.3 is 5.97 Å². The Balaban J connectivity index is 1.75. The summed E-state index contributed by atoms with van der Waals surface area (Å²) in [6.45, 7) is 0. The maximum Gasteiger partial charge on any atom is 0.333 e. The summed E-state index contributed by atoms with van der Waals surface area (Å²) in [7, 11) is 1.67. The van der Waals surface area contributed by atoms with Gasteiger partial charge in [-0.2, -0.15) is 0 Å². The Kier molecular flexibility index (Phi) is 4.25. The van der Waals surface area contributed by atoms with Crippen LogP contribution in [0.3, 0.4) is 0 Å². The Morgan fingerprint density at radius 2 is 1.63 bits per heavy atom. The molecule has 1 saturated heterocycles. The topological polar surface area (TPSA) is 63.7 Å². The molecule has 2 aliphatic heterocycles. The zero-order valence-electron chi connectivity index (χ0n) is 15.4. The third-order valence-electron chi connectivity index (χ3n) is 6.11. The number of nitrogens with zero attached hydrogens (tertiary/aromatic N) is 1.